The molecule has 0 spiro atoms. The maximum absolute atomic E-state index is 12.4. The first-order valence-corrected chi connectivity index (χ1v) is 9.82. The number of fused-ring (bicyclic) bond motifs is 2. The molecule has 4 rings (SSSR count). The van der Waals surface area contributed by atoms with Gasteiger partial charge < -0.3 is 20.8 Å². The fourth-order valence-corrected chi connectivity index (χ4v) is 3.90. The number of rotatable bonds is 6. The van der Waals surface area contributed by atoms with Crippen molar-refractivity contribution in [2.45, 2.75) is 31.7 Å². The van der Waals surface area contributed by atoms with Crippen molar-refractivity contribution in [3.05, 3.63) is 52.8 Å². The van der Waals surface area contributed by atoms with Crippen molar-refractivity contribution in [3.8, 4) is 0 Å². The van der Waals surface area contributed by atoms with Crippen LogP contribution in [0.1, 0.15) is 21.6 Å². The SMILES string of the molecule is N=c1nc(C(=O)NCC(O)CN2CCc3ccccc3C2)cc2n1CC(CO)N2. The first-order chi connectivity index (χ1) is 14.0. The summed E-state index contributed by atoms with van der Waals surface area (Å²) < 4.78 is 1.61. The smallest absolute Gasteiger partial charge is 0.270 e. The van der Waals surface area contributed by atoms with Gasteiger partial charge in [0.1, 0.15) is 11.5 Å². The van der Waals surface area contributed by atoms with Gasteiger partial charge in [0.15, 0.2) is 0 Å². The summed E-state index contributed by atoms with van der Waals surface area (Å²) >= 11 is 0. The Hall–Kier alpha value is -2.75. The maximum atomic E-state index is 12.4. The highest BCUT2D eigenvalue weighted by atomic mass is 16.3. The molecule has 1 aromatic carbocycles. The van der Waals surface area contributed by atoms with Crippen molar-refractivity contribution in [2.24, 2.45) is 0 Å². The molecule has 0 radical (unpaired) electrons. The molecule has 3 heterocycles. The third kappa shape index (κ3) is 4.31. The summed E-state index contributed by atoms with van der Waals surface area (Å²) in [5.41, 5.74) is 2.72. The minimum Gasteiger partial charge on any atom is -0.394 e. The lowest BCUT2D eigenvalue weighted by atomic mass is 10.00. The average Bonchev–Trinajstić information content (AvgIpc) is 3.16. The fourth-order valence-electron chi connectivity index (χ4n) is 3.90. The van der Waals surface area contributed by atoms with E-state index in [1.165, 1.54) is 11.1 Å². The van der Waals surface area contributed by atoms with E-state index in [1.54, 1.807) is 10.6 Å². The van der Waals surface area contributed by atoms with Gasteiger partial charge in [-0.3, -0.25) is 19.7 Å². The molecule has 0 saturated heterocycles. The second kappa shape index (κ2) is 8.32. The lowest BCUT2D eigenvalue weighted by molar-refractivity contribution is 0.0837. The number of β-amino-alcohol motifs (C(OH)–C–C–N with tert-alkyl or cyclic N) is 1. The minimum absolute atomic E-state index is 0.0383. The van der Waals surface area contributed by atoms with Crippen LogP contribution in [0.4, 0.5) is 5.82 Å². The van der Waals surface area contributed by atoms with Gasteiger partial charge in [0.25, 0.3) is 5.91 Å². The number of anilines is 1. The van der Waals surface area contributed by atoms with Gasteiger partial charge in [0, 0.05) is 38.8 Å². The van der Waals surface area contributed by atoms with Crippen LogP contribution in [0.5, 0.6) is 0 Å². The molecule has 154 valence electrons. The zero-order valence-electron chi connectivity index (χ0n) is 16.1. The number of aliphatic hydroxyl groups is 2. The van der Waals surface area contributed by atoms with Gasteiger partial charge in [-0.05, 0) is 17.5 Å². The van der Waals surface area contributed by atoms with Crippen molar-refractivity contribution in [3.63, 3.8) is 0 Å². The van der Waals surface area contributed by atoms with Crippen LogP contribution in [0.25, 0.3) is 0 Å². The first kappa shape index (κ1) is 19.6. The van der Waals surface area contributed by atoms with Crippen molar-refractivity contribution in [1.82, 2.24) is 19.8 Å². The first-order valence-electron chi connectivity index (χ1n) is 9.82. The topological polar surface area (TPSA) is 127 Å². The molecule has 2 unspecified atom stereocenters. The summed E-state index contributed by atoms with van der Waals surface area (Å²) in [5.74, 6) is 0.154. The third-order valence-electron chi connectivity index (χ3n) is 5.43. The molecule has 9 heteroatoms. The van der Waals surface area contributed by atoms with E-state index in [2.05, 4.69) is 32.7 Å². The summed E-state index contributed by atoms with van der Waals surface area (Å²) in [6, 6.07) is 9.71. The summed E-state index contributed by atoms with van der Waals surface area (Å²) in [6.45, 7) is 2.65. The van der Waals surface area contributed by atoms with Crippen LogP contribution in [0.15, 0.2) is 30.3 Å². The van der Waals surface area contributed by atoms with Crippen molar-refractivity contribution >= 4 is 11.7 Å². The highest BCUT2D eigenvalue weighted by molar-refractivity contribution is 5.92. The molecule has 2 aliphatic rings. The molecule has 0 bridgehead atoms. The Kier molecular flexibility index (Phi) is 5.61. The van der Waals surface area contributed by atoms with Crippen LogP contribution in [0.3, 0.4) is 0 Å². The molecular formula is C20H26N6O3. The monoisotopic (exact) mass is 398 g/mol. The van der Waals surface area contributed by atoms with E-state index < -0.39 is 12.0 Å². The summed E-state index contributed by atoms with van der Waals surface area (Å²) in [7, 11) is 0. The number of amides is 1. The number of aliphatic hydroxyl groups excluding tert-OH is 2. The minimum atomic E-state index is -0.694. The number of nitrogens with zero attached hydrogens (tertiary/aromatic N) is 3. The number of nitrogens with one attached hydrogen (secondary N) is 3. The zero-order valence-corrected chi connectivity index (χ0v) is 16.1. The Bertz CT molecular complexity index is 959. The van der Waals surface area contributed by atoms with E-state index in [0.29, 0.717) is 18.9 Å². The normalized spacial score (nSPS) is 19.2. The van der Waals surface area contributed by atoms with Gasteiger partial charge in [0.05, 0.1) is 18.8 Å². The van der Waals surface area contributed by atoms with Crippen molar-refractivity contribution < 1.29 is 15.0 Å². The Morgan fingerprint density at radius 2 is 2.17 bits per heavy atom. The average molecular weight is 398 g/mol. The van der Waals surface area contributed by atoms with Crippen LogP contribution in [-0.2, 0) is 19.5 Å². The largest absolute Gasteiger partial charge is 0.394 e. The lowest BCUT2D eigenvalue weighted by Gasteiger charge is -2.30. The summed E-state index contributed by atoms with van der Waals surface area (Å²) in [6.07, 6.45) is 0.264. The lowest BCUT2D eigenvalue weighted by Crippen LogP contribution is -2.42. The van der Waals surface area contributed by atoms with E-state index in [0.717, 1.165) is 19.5 Å². The van der Waals surface area contributed by atoms with Crippen LogP contribution in [0.2, 0.25) is 0 Å². The van der Waals surface area contributed by atoms with Crippen LogP contribution in [0, 0.1) is 5.41 Å². The number of carbonyl (C=O) groups excluding carboxylic acids is 1. The van der Waals surface area contributed by atoms with Crippen LogP contribution in [-0.4, -0.2) is 69.0 Å². The maximum Gasteiger partial charge on any atom is 0.270 e. The highest BCUT2D eigenvalue weighted by Crippen LogP contribution is 2.18. The van der Waals surface area contributed by atoms with E-state index in [1.807, 2.05) is 12.1 Å². The van der Waals surface area contributed by atoms with Gasteiger partial charge in [0.2, 0.25) is 5.62 Å². The molecule has 5 N–H and O–H groups in total. The molecule has 2 aromatic rings. The van der Waals surface area contributed by atoms with E-state index in [9.17, 15) is 15.0 Å². The molecule has 2 aliphatic heterocycles. The van der Waals surface area contributed by atoms with Crippen LogP contribution < -0.4 is 16.3 Å². The molecular weight excluding hydrogens is 372 g/mol. The summed E-state index contributed by atoms with van der Waals surface area (Å²) in [4.78, 5) is 18.7. The van der Waals surface area contributed by atoms with Crippen molar-refractivity contribution in [2.75, 3.05) is 31.6 Å². The van der Waals surface area contributed by atoms with Gasteiger partial charge >= 0.3 is 0 Å². The molecule has 1 aromatic heterocycles. The second-order valence-electron chi connectivity index (χ2n) is 7.60. The number of carbonyl (C=O) groups is 1. The predicted molar refractivity (Wildman–Crippen MR) is 106 cm³/mol. The van der Waals surface area contributed by atoms with E-state index in [4.69, 9.17) is 5.41 Å². The Balaban J connectivity index is 1.31. The molecule has 0 saturated carbocycles. The van der Waals surface area contributed by atoms with Gasteiger partial charge in [-0.25, -0.2) is 4.98 Å². The standard InChI is InChI=1S/C20H26N6O3/c21-20-24-17(7-18-23-15(12-27)10-26(18)20)19(29)22-8-16(28)11-25-6-5-13-3-1-2-4-14(13)9-25/h1-4,7,15-16,21,23,27-28H,5-6,8-12H2,(H,22,29). The molecule has 0 aliphatic carbocycles. The number of hydrogen-bond donors (Lipinski definition) is 5. The highest BCUT2D eigenvalue weighted by Gasteiger charge is 2.23. The molecule has 9 nitrogen and oxygen atoms in total. The van der Waals surface area contributed by atoms with Gasteiger partial charge in [-0.2, -0.15) is 0 Å². The van der Waals surface area contributed by atoms with E-state index >= 15 is 0 Å². The predicted octanol–water partition coefficient (Wildman–Crippen LogP) is -0.702. The Morgan fingerprint density at radius 1 is 1.38 bits per heavy atom. The van der Waals surface area contributed by atoms with Gasteiger partial charge in [-0.1, -0.05) is 24.3 Å². The quantitative estimate of drug-likeness (QED) is 0.438. The number of hydrogen-bond acceptors (Lipinski definition) is 7. The molecule has 0 fully saturated rings. The van der Waals surface area contributed by atoms with Crippen LogP contribution >= 0.6 is 0 Å². The summed E-state index contributed by atoms with van der Waals surface area (Å²) in [5, 5.41) is 33.4. The fraction of sp³-hybridized carbons (Fsp3) is 0.450. The Morgan fingerprint density at radius 3 is 2.97 bits per heavy atom. The van der Waals surface area contributed by atoms with E-state index in [-0.39, 0.29) is 30.5 Å². The van der Waals surface area contributed by atoms with Crippen molar-refractivity contribution in [1.29, 1.82) is 5.41 Å². The number of aromatic nitrogens is 2. The number of benzene rings is 1. The third-order valence-corrected chi connectivity index (χ3v) is 5.43. The molecule has 1 amide bonds. The Labute approximate surface area is 168 Å². The zero-order chi connectivity index (χ0) is 20.4. The molecule has 2 atom stereocenters. The van der Waals surface area contributed by atoms with Gasteiger partial charge in [-0.15, -0.1) is 0 Å². The molecule has 29 heavy (non-hydrogen) atoms. The second-order valence-corrected chi connectivity index (χ2v) is 7.60.